The maximum absolute atomic E-state index is 12.5. The van der Waals surface area contributed by atoms with Gasteiger partial charge in [-0.25, -0.2) is 8.42 Å². The zero-order chi connectivity index (χ0) is 15.7. The largest absolute Gasteiger partial charge is 0.495 e. The average Bonchev–Trinajstić information content (AvgIpc) is 2.36. The average molecular weight is 321 g/mol. The fourth-order valence-corrected chi connectivity index (χ4v) is 2.33. The van der Waals surface area contributed by atoms with Crippen LogP contribution in [0.3, 0.4) is 0 Å². The minimum Gasteiger partial charge on any atom is -0.495 e. The smallest absolute Gasteiger partial charge is 0.187 e. The Kier molecular flexibility index (Phi) is 4.71. The Labute approximate surface area is 123 Å². The van der Waals surface area contributed by atoms with Crippen LogP contribution in [0, 0.1) is 0 Å². The molecule has 0 spiro atoms. The first kappa shape index (κ1) is 16.8. The van der Waals surface area contributed by atoms with Gasteiger partial charge in [-0.2, -0.15) is 0 Å². The number of sulfone groups is 1. The molecular formula is C13H17ClO5S. The van der Waals surface area contributed by atoms with Crippen molar-refractivity contribution in [1.29, 1.82) is 0 Å². The number of hydrogen-bond donors (Lipinski definition) is 0. The number of carbonyl (C=O) groups excluding carboxylic acids is 1. The molecule has 112 valence electrons. The SMILES string of the molecule is COc1ccc(C(=O)C(C)(C)S(C)(=O)=O)c(OC)c1Cl. The molecule has 0 aliphatic rings. The van der Waals surface area contributed by atoms with Crippen molar-refractivity contribution in [2.45, 2.75) is 18.6 Å². The van der Waals surface area contributed by atoms with Crippen LogP contribution in [0.1, 0.15) is 24.2 Å². The van der Waals surface area contributed by atoms with E-state index in [0.29, 0.717) is 5.75 Å². The lowest BCUT2D eigenvalue weighted by Gasteiger charge is -2.22. The Morgan fingerprint density at radius 1 is 1.20 bits per heavy atom. The van der Waals surface area contributed by atoms with E-state index in [-0.39, 0.29) is 16.3 Å². The highest BCUT2D eigenvalue weighted by Gasteiger charge is 2.40. The zero-order valence-corrected chi connectivity index (χ0v) is 13.6. The van der Waals surface area contributed by atoms with Crippen molar-refractivity contribution in [3.63, 3.8) is 0 Å². The van der Waals surface area contributed by atoms with Crippen LogP contribution in [0.5, 0.6) is 11.5 Å². The summed E-state index contributed by atoms with van der Waals surface area (Å²) in [5.74, 6) is -0.133. The summed E-state index contributed by atoms with van der Waals surface area (Å²) >= 11 is 6.07. The van der Waals surface area contributed by atoms with Crippen LogP contribution in [-0.4, -0.2) is 39.4 Å². The van der Waals surface area contributed by atoms with E-state index in [2.05, 4.69) is 0 Å². The number of hydrogen-bond acceptors (Lipinski definition) is 5. The Balaban J connectivity index is 3.49. The van der Waals surface area contributed by atoms with Crippen LogP contribution >= 0.6 is 11.6 Å². The van der Waals surface area contributed by atoms with Gasteiger partial charge in [0.25, 0.3) is 0 Å². The lowest BCUT2D eigenvalue weighted by Crippen LogP contribution is -2.40. The Morgan fingerprint density at radius 2 is 1.75 bits per heavy atom. The molecular weight excluding hydrogens is 304 g/mol. The molecule has 5 nitrogen and oxygen atoms in total. The molecule has 0 N–H and O–H groups in total. The number of ketones is 1. The lowest BCUT2D eigenvalue weighted by molar-refractivity contribution is 0.0951. The van der Waals surface area contributed by atoms with E-state index in [4.69, 9.17) is 21.1 Å². The molecule has 0 aliphatic heterocycles. The van der Waals surface area contributed by atoms with Crippen LogP contribution in [0.25, 0.3) is 0 Å². The highest BCUT2D eigenvalue weighted by molar-refractivity contribution is 7.92. The zero-order valence-electron chi connectivity index (χ0n) is 12.0. The summed E-state index contributed by atoms with van der Waals surface area (Å²) in [5.41, 5.74) is 0.105. The molecule has 0 fully saturated rings. The quantitative estimate of drug-likeness (QED) is 0.779. The minimum absolute atomic E-state index is 0.104. The number of rotatable bonds is 5. The molecule has 1 aromatic carbocycles. The predicted molar refractivity (Wildman–Crippen MR) is 77.8 cm³/mol. The van der Waals surface area contributed by atoms with Crippen molar-refractivity contribution >= 4 is 27.2 Å². The Morgan fingerprint density at radius 3 is 2.15 bits per heavy atom. The van der Waals surface area contributed by atoms with E-state index in [1.165, 1.54) is 40.2 Å². The molecule has 0 aromatic heterocycles. The summed E-state index contributed by atoms with van der Waals surface area (Å²) < 4.78 is 32.1. The number of benzene rings is 1. The van der Waals surface area contributed by atoms with Crippen LogP contribution in [-0.2, 0) is 9.84 Å². The van der Waals surface area contributed by atoms with Gasteiger partial charge in [-0.05, 0) is 26.0 Å². The molecule has 0 radical (unpaired) electrons. The number of ether oxygens (including phenoxy) is 2. The van der Waals surface area contributed by atoms with E-state index in [0.717, 1.165) is 6.26 Å². The number of methoxy groups -OCH3 is 2. The van der Waals surface area contributed by atoms with Gasteiger partial charge >= 0.3 is 0 Å². The first-order chi connectivity index (χ1) is 9.07. The van der Waals surface area contributed by atoms with Crippen molar-refractivity contribution in [3.8, 4) is 11.5 Å². The molecule has 0 saturated carbocycles. The lowest BCUT2D eigenvalue weighted by atomic mass is 9.99. The summed E-state index contributed by atoms with van der Waals surface area (Å²) in [7, 11) is -0.798. The third-order valence-electron chi connectivity index (χ3n) is 3.20. The highest BCUT2D eigenvalue weighted by Crippen LogP contribution is 2.38. The first-order valence-corrected chi connectivity index (χ1v) is 7.99. The first-order valence-electron chi connectivity index (χ1n) is 5.72. The second-order valence-electron chi connectivity index (χ2n) is 4.77. The monoisotopic (exact) mass is 320 g/mol. The van der Waals surface area contributed by atoms with Crippen LogP contribution in [0.15, 0.2) is 12.1 Å². The fraction of sp³-hybridized carbons (Fsp3) is 0.462. The number of Topliss-reactive ketones (excluding diaryl/α,β-unsaturated/α-hetero) is 1. The molecule has 0 bridgehead atoms. The van der Waals surface area contributed by atoms with E-state index in [9.17, 15) is 13.2 Å². The van der Waals surface area contributed by atoms with E-state index >= 15 is 0 Å². The van der Waals surface area contributed by atoms with Gasteiger partial charge in [-0.1, -0.05) is 11.6 Å². The van der Waals surface area contributed by atoms with Crippen LogP contribution in [0.2, 0.25) is 5.02 Å². The fourth-order valence-electron chi connectivity index (χ4n) is 1.57. The van der Waals surface area contributed by atoms with Gasteiger partial charge in [-0.3, -0.25) is 4.79 Å². The van der Waals surface area contributed by atoms with Crippen molar-refractivity contribution in [2.24, 2.45) is 0 Å². The van der Waals surface area contributed by atoms with Crippen molar-refractivity contribution in [1.82, 2.24) is 0 Å². The van der Waals surface area contributed by atoms with Gasteiger partial charge in [0.2, 0.25) is 0 Å². The predicted octanol–water partition coefficient (Wildman–Crippen LogP) is 2.36. The minimum atomic E-state index is -3.58. The third kappa shape index (κ3) is 2.76. The molecule has 0 unspecified atom stereocenters. The van der Waals surface area contributed by atoms with Crippen molar-refractivity contribution in [3.05, 3.63) is 22.7 Å². The van der Waals surface area contributed by atoms with Crippen molar-refractivity contribution in [2.75, 3.05) is 20.5 Å². The molecule has 0 saturated heterocycles. The van der Waals surface area contributed by atoms with E-state index < -0.39 is 20.4 Å². The van der Waals surface area contributed by atoms with E-state index in [1.54, 1.807) is 0 Å². The van der Waals surface area contributed by atoms with Gasteiger partial charge in [-0.15, -0.1) is 0 Å². The molecule has 1 aromatic rings. The summed E-state index contributed by atoms with van der Waals surface area (Å²) in [6, 6.07) is 2.94. The number of halogens is 1. The summed E-state index contributed by atoms with van der Waals surface area (Å²) in [5, 5.41) is 0.130. The highest BCUT2D eigenvalue weighted by atomic mass is 35.5. The summed E-state index contributed by atoms with van der Waals surface area (Å²) in [6.07, 6.45) is 1.02. The second-order valence-corrected chi connectivity index (χ2v) is 7.72. The molecule has 0 atom stereocenters. The van der Waals surface area contributed by atoms with Gasteiger partial charge in [0.1, 0.15) is 15.5 Å². The standard InChI is InChI=1S/C13H17ClO5S/c1-13(2,20(5,16)17)12(15)8-6-7-9(18-3)10(14)11(8)19-4/h6-7H,1-5H3. The second kappa shape index (κ2) is 5.61. The molecule has 20 heavy (non-hydrogen) atoms. The summed E-state index contributed by atoms with van der Waals surface area (Å²) in [6.45, 7) is 2.70. The molecule has 0 aliphatic carbocycles. The third-order valence-corrected chi connectivity index (χ3v) is 5.60. The maximum Gasteiger partial charge on any atom is 0.187 e. The topological polar surface area (TPSA) is 69.7 Å². The maximum atomic E-state index is 12.5. The van der Waals surface area contributed by atoms with Crippen LogP contribution in [0.4, 0.5) is 0 Å². The van der Waals surface area contributed by atoms with Gasteiger partial charge in [0, 0.05) is 6.26 Å². The van der Waals surface area contributed by atoms with Crippen molar-refractivity contribution < 1.29 is 22.7 Å². The molecule has 7 heteroatoms. The van der Waals surface area contributed by atoms with Crippen LogP contribution < -0.4 is 9.47 Å². The molecule has 0 amide bonds. The Hall–Kier alpha value is -1.27. The Bertz CT molecular complexity index is 634. The van der Waals surface area contributed by atoms with E-state index in [1.807, 2.05) is 0 Å². The molecule has 1 rings (SSSR count). The van der Waals surface area contributed by atoms with Gasteiger partial charge < -0.3 is 9.47 Å². The number of carbonyl (C=O) groups is 1. The van der Waals surface area contributed by atoms with Gasteiger partial charge in [0.05, 0.1) is 19.8 Å². The summed E-state index contributed by atoms with van der Waals surface area (Å²) in [4.78, 5) is 12.5. The normalized spacial score (nSPS) is 12.1. The van der Waals surface area contributed by atoms with Gasteiger partial charge in [0.15, 0.2) is 21.4 Å². The molecule has 0 heterocycles.